The van der Waals surface area contributed by atoms with Crippen molar-refractivity contribution >= 4 is 27.5 Å². The molecular weight excluding hydrogens is 328 g/mol. The number of amides is 1. The molecule has 0 radical (unpaired) electrons. The third kappa shape index (κ3) is 4.48. The van der Waals surface area contributed by atoms with Gasteiger partial charge in [-0.2, -0.15) is 0 Å². The van der Waals surface area contributed by atoms with E-state index in [4.69, 9.17) is 11.6 Å². The van der Waals surface area contributed by atoms with Crippen LogP contribution in [0.5, 0.6) is 0 Å². The van der Waals surface area contributed by atoms with Crippen molar-refractivity contribution in [1.82, 2.24) is 20.0 Å². The quantitative estimate of drug-likeness (QED) is 0.759. The molecule has 0 fully saturated rings. The Labute approximate surface area is 132 Å². The van der Waals surface area contributed by atoms with Crippen molar-refractivity contribution in [1.29, 1.82) is 0 Å². The monoisotopic (exact) mass is 340 g/mol. The van der Waals surface area contributed by atoms with Gasteiger partial charge in [0.1, 0.15) is 5.69 Å². The topological polar surface area (TPSA) is 101 Å². The molecule has 0 saturated heterocycles. The van der Waals surface area contributed by atoms with Gasteiger partial charge in [0, 0.05) is 30.5 Å². The summed E-state index contributed by atoms with van der Waals surface area (Å²) < 4.78 is 26.4. The van der Waals surface area contributed by atoms with E-state index in [1.807, 2.05) is 0 Å². The Kier molecular flexibility index (Phi) is 5.42. The Morgan fingerprint density at radius 2 is 2.05 bits per heavy atom. The molecule has 0 aliphatic carbocycles. The van der Waals surface area contributed by atoms with Gasteiger partial charge < -0.3 is 5.32 Å². The normalized spacial score (nSPS) is 11.1. The summed E-state index contributed by atoms with van der Waals surface area (Å²) in [4.78, 5) is 19.4. The predicted molar refractivity (Wildman–Crippen MR) is 81.0 cm³/mol. The molecule has 9 heteroatoms. The number of nitrogens with one attached hydrogen (secondary N) is 2. The summed E-state index contributed by atoms with van der Waals surface area (Å²) >= 11 is 5.76. The smallest absolute Gasteiger partial charge is 0.271 e. The van der Waals surface area contributed by atoms with Crippen LogP contribution in [-0.4, -0.2) is 37.4 Å². The van der Waals surface area contributed by atoms with E-state index in [-0.39, 0.29) is 23.7 Å². The molecule has 0 aliphatic rings. The highest BCUT2D eigenvalue weighted by Crippen LogP contribution is 2.14. The molecule has 1 aromatic carbocycles. The van der Waals surface area contributed by atoms with Gasteiger partial charge in [-0.1, -0.05) is 17.7 Å². The summed E-state index contributed by atoms with van der Waals surface area (Å²) in [7, 11) is -3.66. The number of hydrogen-bond acceptors (Lipinski definition) is 5. The minimum absolute atomic E-state index is 0.0425. The van der Waals surface area contributed by atoms with E-state index < -0.39 is 15.9 Å². The summed E-state index contributed by atoms with van der Waals surface area (Å²) in [6, 6.07) is 5.92. The number of aromatic nitrogens is 2. The van der Waals surface area contributed by atoms with Crippen LogP contribution >= 0.6 is 11.6 Å². The average molecular weight is 341 g/mol. The Morgan fingerprint density at radius 1 is 1.23 bits per heavy atom. The molecule has 0 bridgehead atoms. The zero-order valence-electron chi connectivity index (χ0n) is 11.4. The van der Waals surface area contributed by atoms with Gasteiger partial charge in [-0.15, -0.1) is 0 Å². The van der Waals surface area contributed by atoms with Gasteiger partial charge in [0.2, 0.25) is 10.0 Å². The first-order chi connectivity index (χ1) is 10.5. The fourth-order valence-electron chi connectivity index (χ4n) is 1.59. The van der Waals surface area contributed by atoms with Crippen LogP contribution in [0.4, 0.5) is 0 Å². The summed E-state index contributed by atoms with van der Waals surface area (Å²) in [6.07, 6.45) is 4.18. The zero-order valence-corrected chi connectivity index (χ0v) is 12.9. The van der Waals surface area contributed by atoms with Gasteiger partial charge in [0.05, 0.1) is 11.1 Å². The molecule has 0 atom stereocenters. The maximum Gasteiger partial charge on any atom is 0.271 e. The Morgan fingerprint density at radius 3 is 2.73 bits per heavy atom. The Bertz CT molecular complexity index is 753. The zero-order chi connectivity index (χ0) is 16.0. The van der Waals surface area contributed by atoms with E-state index in [0.717, 1.165) is 0 Å². The lowest BCUT2D eigenvalue weighted by Crippen LogP contribution is -2.35. The highest BCUT2D eigenvalue weighted by molar-refractivity contribution is 7.89. The maximum absolute atomic E-state index is 12.0. The first-order valence-electron chi connectivity index (χ1n) is 6.28. The highest BCUT2D eigenvalue weighted by Gasteiger charge is 2.13. The average Bonchev–Trinajstić information content (AvgIpc) is 2.52. The molecule has 0 unspecified atom stereocenters. The summed E-state index contributed by atoms with van der Waals surface area (Å²) in [5, 5.41) is 2.87. The Balaban J connectivity index is 1.85. The van der Waals surface area contributed by atoms with Crippen molar-refractivity contribution in [3.8, 4) is 0 Å². The fraction of sp³-hybridized carbons (Fsp3) is 0.154. The second-order valence-electron chi connectivity index (χ2n) is 4.20. The number of nitrogens with zero attached hydrogens (tertiary/aromatic N) is 2. The fourth-order valence-corrected chi connectivity index (χ4v) is 2.92. The van der Waals surface area contributed by atoms with Gasteiger partial charge >= 0.3 is 0 Å². The van der Waals surface area contributed by atoms with Gasteiger partial charge in [0.15, 0.2) is 0 Å². The lowest BCUT2D eigenvalue weighted by molar-refractivity contribution is 0.0949. The van der Waals surface area contributed by atoms with E-state index in [1.165, 1.54) is 30.7 Å². The Hall–Kier alpha value is -2.03. The van der Waals surface area contributed by atoms with Crippen LogP contribution in [0.15, 0.2) is 47.8 Å². The molecule has 0 spiro atoms. The molecule has 116 valence electrons. The molecule has 2 aromatic rings. The lowest BCUT2D eigenvalue weighted by Gasteiger charge is -2.08. The third-order valence-electron chi connectivity index (χ3n) is 2.60. The number of carbonyl (C=O) groups is 1. The molecule has 2 rings (SSSR count). The first-order valence-corrected chi connectivity index (χ1v) is 8.14. The van der Waals surface area contributed by atoms with E-state index in [1.54, 1.807) is 12.1 Å². The van der Waals surface area contributed by atoms with Crippen molar-refractivity contribution in [2.24, 2.45) is 0 Å². The lowest BCUT2D eigenvalue weighted by atomic mass is 10.4. The molecule has 22 heavy (non-hydrogen) atoms. The second-order valence-corrected chi connectivity index (χ2v) is 6.41. The minimum Gasteiger partial charge on any atom is -0.349 e. The standard InChI is InChI=1S/C13H13ClN4O3S/c14-10-2-1-3-11(8-10)22(20,21)18-7-6-17-13(19)12-9-15-4-5-16-12/h1-5,8-9,18H,6-7H2,(H,17,19). The number of hydrogen-bond donors (Lipinski definition) is 2. The SMILES string of the molecule is O=C(NCCNS(=O)(=O)c1cccc(Cl)c1)c1cnccn1. The summed E-state index contributed by atoms with van der Waals surface area (Å²) in [5.41, 5.74) is 0.167. The summed E-state index contributed by atoms with van der Waals surface area (Å²) in [5.74, 6) is -0.421. The number of benzene rings is 1. The van der Waals surface area contributed by atoms with Crippen molar-refractivity contribution in [3.05, 3.63) is 53.6 Å². The van der Waals surface area contributed by atoms with Crippen LogP contribution < -0.4 is 10.0 Å². The van der Waals surface area contributed by atoms with Crippen LogP contribution in [0.1, 0.15) is 10.5 Å². The van der Waals surface area contributed by atoms with Crippen LogP contribution in [0, 0.1) is 0 Å². The van der Waals surface area contributed by atoms with E-state index >= 15 is 0 Å². The van der Waals surface area contributed by atoms with Gasteiger partial charge in [0.25, 0.3) is 5.91 Å². The van der Waals surface area contributed by atoms with Gasteiger partial charge in [-0.05, 0) is 18.2 Å². The third-order valence-corrected chi connectivity index (χ3v) is 4.30. The van der Waals surface area contributed by atoms with Gasteiger partial charge in [-0.3, -0.25) is 9.78 Å². The van der Waals surface area contributed by atoms with Crippen molar-refractivity contribution in [3.63, 3.8) is 0 Å². The molecular formula is C13H13ClN4O3S. The largest absolute Gasteiger partial charge is 0.349 e. The van der Waals surface area contributed by atoms with E-state index in [9.17, 15) is 13.2 Å². The van der Waals surface area contributed by atoms with Crippen LogP contribution in [0.2, 0.25) is 5.02 Å². The molecule has 0 aliphatic heterocycles. The molecule has 1 heterocycles. The van der Waals surface area contributed by atoms with Crippen LogP contribution in [-0.2, 0) is 10.0 Å². The minimum atomic E-state index is -3.66. The second kappa shape index (κ2) is 7.30. The van der Waals surface area contributed by atoms with Crippen LogP contribution in [0.25, 0.3) is 0 Å². The predicted octanol–water partition coefficient (Wildman–Crippen LogP) is 0.838. The highest BCUT2D eigenvalue weighted by atomic mass is 35.5. The van der Waals surface area contributed by atoms with Crippen molar-refractivity contribution in [2.45, 2.75) is 4.90 Å². The molecule has 1 aromatic heterocycles. The molecule has 0 saturated carbocycles. The van der Waals surface area contributed by atoms with Gasteiger partial charge in [-0.25, -0.2) is 18.1 Å². The number of sulfonamides is 1. The van der Waals surface area contributed by atoms with Crippen molar-refractivity contribution < 1.29 is 13.2 Å². The number of carbonyl (C=O) groups excluding carboxylic acids is 1. The molecule has 7 nitrogen and oxygen atoms in total. The number of halogens is 1. The van der Waals surface area contributed by atoms with E-state index in [0.29, 0.717) is 5.02 Å². The number of rotatable bonds is 6. The van der Waals surface area contributed by atoms with Crippen molar-refractivity contribution in [2.75, 3.05) is 13.1 Å². The van der Waals surface area contributed by atoms with Crippen LogP contribution in [0.3, 0.4) is 0 Å². The molecule has 2 N–H and O–H groups in total. The molecule has 1 amide bonds. The summed E-state index contributed by atoms with van der Waals surface area (Å²) in [6.45, 7) is 0.163. The first kappa shape index (κ1) is 16.3. The van der Waals surface area contributed by atoms with E-state index in [2.05, 4.69) is 20.0 Å². The maximum atomic E-state index is 12.0.